The normalized spacial score (nSPS) is 41.2. The molecule has 2 bridgehead atoms. The van der Waals surface area contributed by atoms with Crippen LogP contribution in [0.5, 0.6) is 0 Å². The summed E-state index contributed by atoms with van der Waals surface area (Å²) < 4.78 is 0.973. The molecule has 5 heterocycles. The average molecular weight is 464 g/mol. The molecule has 5 aliphatic heterocycles. The van der Waals surface area contributed by atoms with Gasteiger partial charge in [-0.15, -0.1) is 11.6 Å². The highest BCUT2D eigenvalue weighted by Crippen LogP contribution is 2.67. The van der Waals surface area contributed by atoms with Gasteiger partial charge in [0.15, 0.2) is 0 Å². The van der Waals surface area contributed by atoms with Gasteiger partial charge in [-0.05, 0) is 23.8 Å². The fourth-order valence-corrected chi connectivity index (χ4v) is 7.13. The summed E-state index contributed by atoms with van der Waals surface area (Å²) in [5, 5.41) is 6.10. The minimum Gasteiger partial charge on any atom is -0.328 e. The Labute approximate surface area is 176 Å². The van der Waals surface area contributed by atoms with Crippen molar-refractivity contribution >= 4 is 45.2 Å². The molecule has 6 nitrogen and oxygen atoms in total. The van der Waals surface area contributed by atoms with Crippen LogP contribution in [-0.4, -0.2) is 39.6 Å². The molecule has 6 rings (SSSR count). The first-order valence-corrected chi connectivity index (χ1v) is 10.8. The molecule has 2 spiro atoms. The highest BCUT2D eigenvalue weighted by molar-refractivity contribution is 9.10. The Morgan fingerprint density at radius 1 is 1.29 bits per heavy atom. The Morgan fingerprint density at radius 2 is 2.07 bits per heavy atom. The van der Waals surface area contributed by atoms with Crippen LogP contribution in [-0.2, 0) is 4.79 Å². The minimum atomic E-state index is -0.783. The number of hydrogen-bond donors (Lipinski definition) is 2. The number of piperidine rings is 1. The van der Waals surface area contributed by atoms with Gasteiger partial charge in [-0.2, -0.15) is 0 Å². The van der Waals surface area contributed by atoms with Crippen molar-refractivity contribution in [3.8, 4) is 0 Å². The number of urea groups is 1. The smallest absolute Gasteiger partial charge is 0.317 e. The number of carbonyl (C=O) groups is 2. The highest BCUT2D eigenvalue weighted by atomic mass is 79.9. The molecule has 8 heteroatoms. The van der Waals surface area contributed by atoms with Crippen molar-refractivity contribution in [3.63, 3.8) is 0 Å². The van der Waals surface area contributed by atoms with Crippen molar-refractivity contribution in [2.45, 2.75) is 55.4 Å². The third kappa shape index (κ3) is 1.58. The summed E-state index contributed by atoms with van der Waals surface area (Å²) >= 11 is 10.7. The summed E-state index contributed by atoms with van der Waals surface area (Å²) in [7, 11) is 0. The van der Waals surface area contributed by atoms with Crippen molar-refractivity contribution in [1.29, 1.82) is 0 Å². The Balaban J connectivity index is 1.75. The van der Waals surface area contributed by atoms with Gasteiger partial charge >= 0.3 is 6.03 Å². The molecular formula is C20H20BrClN4O2. The SMILES string of the molecule is CC1(C)[C@@H](Cl)C[C@@]23[C@@H]4CC(=O)N2C=C[C@H]2NC(=O)N[C@@]21N3c1cc(Br)ccc14. The maximum Gasteiger partial charge on any atom is 0.317 e. The number of alkyl halides is 1. The number of hydrogen-bond acceptors (Lipinski definition) is 3. The largest absolute Gasteiger partial charge is 0.328 e. The average Bonchev–Trinajstić information content (AvgIpc) is 3.14. The van der Waals surface area contributed by atoms with Gasteiger partial charge in [0.2, 0.25) is 5.91 Å². The number of rotatable bonds is 0. The van der Waals surface area contributed by atoms with Crippen LogP contribution in [0.3, 0.4) is 0 Å². The molecule has 0 aromatic heterocycles. The molecule has 3 saturated heterocycles. The van der Waals surface area contributed by atoms with E-state index in [1.807, 2.05) is 23.2 Å². The van der Waals surface area contributed by atoms with Gasteiger partial charge in [-0.3, -0.25) is 9.69 Å². The molecule has 146 valence electrons. The van der Waals surface area contributed by atoms with Gasteiger partial charge in [-0.1, -0.05) is 35.8 Å². The molecule has 3 amide bonds. The molecule has 0 unspecified atom stereocenters. The minimum absolute atomic E-state index is 0.0122. The van der Waals surface area contributed by atoms with Gasteiger partial charge in [0.05, 0.1) is 6.04 Å². The van der Waals surface area contributed by atoms with Crippen molar-refractivity contribution < 1.29 is 9.59 Å². The maximum atomic E-state index is 13.1. The van der Waals surface area contributed by atoms with Crippen LogP contribution >= 0.6 is 27.5 Å². The van der Waals surface area contributed by atoms with E-state index < -0.39 is 16.7 Å². The number of nitrogens with one attached hydrogen (secondary N) is 2. The van der Waals surface area contributed by atoms with Gasteiger partial charge in [0.25, 0.3) is 0 Å². The number of carbonyl (C=O) groups excluding carboxylic acids is 2. The molecule has 0 saturated carbocycles. The van der Waals surface area contributed by atoms with Gasteiger partial charge in [-0.25, -0.2) is 4.79 Å². The topological polar surface area (TPSA) is 64.7 Å². The van der Waals surface area contributed by atoms with E-state index in [1.165, 1.54) is 0 Å². The van der Waals surface area contributed by atoms with E-state index in [9.17, 15) is 9.59 Å². The van der Waals surface area contributed by atoms with Crippen molar-refractivity contribution in [3.05, 3.63) is 40.5 Å². The first kappa shape index (κ1) is 17.2. The van der Waals surface area contributed by atoms with Crippen LogP contribution in [0.1, 0.15) is 38.2 Å². The van der Waals surface area contributed by atoms with Gasteiger partial charge < -0.3 is 15.5 Å². The van der Waals surface area contributed by atoms with E-state index in [0.29, 0.717) is 12.8 Å². The lowest BCUT2D eigenvalue weighted by Crippen LogP contribution is -2.81. The zero-order chi connectivity index (χ0) is 19.6. The van der Waals surface area contributed by atoms with Crippen molar-refractivity contribution in [1.82, 2.24) is 15.5 Å². The predicted molar refractivity (Wildman–Crippen MR) is 109 cm³/mol. The zero-order valence-corrected chi connectivity index (χ0v) is 17.8. The Morgan fingerprint density at radius 3 is 2.86 bits per heavy atom. The molecule has 1 aromatic carbocycles. The molecular weight excluding hydrogens is 444 g/mol. The van der Waals surface area contributed by atoms with Crippen LogP contribution in [0.2, 0.25) is 0 Å². The lowest BCUT2D eigenvalue weighted by molar-refractivity contribution is -0.129. The van der Waals surface area contributed by atoms with Crippen molar-refractivity contribution in [2.75, 3.05) is 4.90 Å². The first-order valence-electron chi connectivity index (χ1n) is 9.56. The summed E-state index contributed by atoms with van der Waals surface area (Å²) in [6, 6.07) is 5.73. The van der Waals surface area contributed by atoms with Crippen LogP contribution < -0.4 is 15.5 Å². The fourth-order valence-electron chi connectivity index (χ4n) is 6.39. The lowest BCUT2D eigenvalue weighted by atomic mass is 9.64. The van der Waals surface area contributed by atoms with Gasteiger partial charge in [0, 0.05) is 45.9 Å². The number of nitrogens with zero attached hydrogens (tertiary/aromatic N) is 2. The third-order valence-electron chi connectivity index (χ3n) is 7.68. The fraction of sp³-hybridized carbons (Fsp3) is 0.500. The van der Waals surface area contributed by atoms with E-state index in [4.69, 9.17) is 11.6 Å². The summed E-state index contributed by atoms with van der Waals surface area (Å²) in [6.07, 6.45) is 4.91. The zero-order valence-electron chi connectivity index (χ0n) is 15.5. The van der Waals surface area contributed by atoms with E-state index >= 15 is 0 Å². The summed E-state index contributed by atoms with van der Waals surface area (Å²) in [5.41, 5.74) is 0.368. The second kappa shape index (κ2) is 4.87. The van der Waals surface area contributed by atoms with E-state index in [1.54, 1.807) is 0 Å². The second-order valence-corrected chi connectivity index (χ2v) is 10.5. The Hall–Kier alpha value is -1.73. The molecule has 1 aromatic rings. The molecule has 0 radical (unpaired) electrons. The summed E-state index contributed by atoms with van der Waals surface area (Å²) in [5.74, 6) is 0.114. The van der Waals surface area contributed by atoms with E-state index in [-0.39, 0.29) is 29.3 Å². The van der Waals surface area contributed by atoms with E-state index in [2.05, 4.69) is 57.4 Å². The Bertz CT molecular complexity index is 996. The number of amides is 3. The molecule has 0 aliphatic carbocycles. The molecule has 2 N–H and O–H groups in total. The van der Waals surface area contributed by atoms with E-state index in [0.717, 1.165) is 15.7 Å². The second-order valence-electron chi connectivity index (χ2n) is 9.01. The van der Waals surface area contributed by atoms with Crippen LogP contribution in [0.25, 0.3) is 0 Å². The summed E-state index contributed by atoms with van der Waals surface area (Å²) in [6.45, 7) is 4.23. The van der Waals surface area contributed by atoms with Crippen molar-refractivity contribution in [2.24, 2.45) is 5.41 Å². The van der Waals surface area contributed by atoms with Gasteiger partial charge in [0.1, 0.15) is 11.3 Å². The first-order chi connectivity index (χ1) is 13.2. The number of fused-ring (bicyclic) bond motifs is 2. The third-order valence-corrected chi connectivity index (χ3v) is 8.88. The number of halogens is 2. The number of anilines is 1. The van der Waals surface area contributed by atoms with Crippen LogP contribution in [0, 0.1) is 5.41 Å². The monoisotopic (exact) mass is 462 g/mol. The molecule has 5 atom stereocenters. The highest BCUT2D eigenvalue weighted by Gasteiger charge is 2.77. The predicted octanol–water partition coefficient (Wildman–Crippen LogP) is 3.22. The quantitative estimate of drug-likeness (QED) is 0.581. The maximum absolute atomic E-state index is 13.1. The standard InChI is InChI=1S/C20H20BrClN4O2/c1-18(2)14(22)9-19-12-8-16(27)25(19)6-5-15-20(18,24-17(28)23-15)26(19)13-7-10(21)3-4-11(12)13/h3-7,12,14-15H,8-9H2,1-2H3,(H2,23,24,28)/t12-,14+,15-,19-,20-/m1/s1. The van der Waals surface area contributed by atoms with Crippen LogP contribution in [0.15, 0.2) is 34.9 Å². The Kier molecular flexibility index (Phi) is 2.99. The summed E-state index contributed by atoms with van der Waals surface area (Å²) in [4.78, 5) is 29.9. The molecule has 3 fully saturated rings. The molecule has 28 heavy (non-hydrogen) atoms. The number of benzene rings is 1. The lowest BCUT2D eigenvalue weighted by Gasteiger charge is -2.64. The molecule has 5 aliphatic rings. The van der Waals surface area contributed by atoms with Crippen LogP contribution in [0.4, 0.5) is 10.5 Å².